The summed E-state index contributed by atoms with van der Waals surface area (Å²) in [6.45, 7) is 5.78. The average Bonchev–Trinajstić information content (AvgIpc) is 2.08. The van der Waals surface area contributed by atoms with Gasteiger partial charge in [-0.25, -0.2) is 4.98 Å². The van der Waals surface area contributed by atoms with Crippen molar-refractivity contribution in [3.05, 3.63) is 40.1 Å². The topological polar surface area (TPSA) is 34.9 Å². The zero-order chi connectivity index (χ0) is 9.84. The van der Waals surface area contributed by atoms with Gasteiger partial charge >= 0.3 is 0 Å². The Kier molecular flexibility index (Phi) is 3.25. The molecule has 0 fully saturated rings. The highest BCUT2D eigenvalue weighted by atomic mass is 35.5. The van der Waals surface area contributed by atoms with Crippen molar-refractivity contribution in [1.82, 2.24) is 9.55 Å². The highest BCUT2D eigenvalue weighted by molar-refractivity contribution is 6.29. The summed E-state index contributed by atoms with van der Waals surface area (Å²) in [4.78, 5) is 15.4. The van der Waals surface area contributed by atoms with E-state index in [4.69, 9.17) is 11.6 Å². The minimum atomic E-state index is -0.0892. The highest BCUT2D eigenvalue weighted by Crippen LogP contribution is 1.99. The maximum Gasteiger partial charge on any atom is 0.253 e. The van der Waals surface area contributed by atoms with Gasteiger partial charge in [0.1, 0.15) is 0 Å². The Labute approximate surface area is 81.7 Å². The van der Waals surface area contributed by atoms with Gasteiger partial charge in [-0.3, -0.25) is 9.36 Å². The predicted octanol–water partition coefficient (Wildman–Crippen LogP) is 1.56. The molecule has 4 heteroatoms. The molecule has 70 valence electrons. The summed E-state index contributed by atoms with van der Waals surface area (Å²) in [5.41, 5.74) is 0.704. The zero-order valence-electron chi connectivity index (χ0n) is 7.46. The summed E-state index contributed by atoms with van der Waals surface area (Å²) >= 11 is 5.58. The molecule has 1 heterocycles. The molecule has 13 heavy (non-hydrogen) atoms. The maximum absolute atomic E-state index is 11.4. The summed E-state index contributed by atoms with van der Waals surface area (Å²) in [6.07, 6.45) is 2.26. The van der Waals surface area contributed by atoms with Gasteiger partial charge in [-0.1, -0.05) is 25.1 Å². The molecule has 0 bridgehead atoms. The Morgan fingerprint density at radius 1 is 1.77 bits per heavy atom. The van der Waals surface area contributed by atoms with E-state index in [0.29, 0.717) is 11.6 Å². The molecule has 0 amide bonds. The molecule has 0 radical (unpaired) electrons. The van der Waals surface area contributed by atoms with Gasteiger partial charge in [0.05, 0.1) is 12.9 Å². The fraction of sp³-hybridized carbons (Fsp3) is 0.333. The summed E-state index contributed by atoms with van der Waals surface area (Å²) in [5.74, 6) is 0. The van der Waals surface area contributed by atoms with Gasteiger partial charge in [0.15, 0.2) is 0 Å². The molecule has 0 unspecified atom stereocenters. The lowest BCUT2D eigenvalue weighted by Crippen LogP contribution is -2.20. The largest absolute Gasteiger partial charge is 0.294 e. The number of allylic oxidation sites excluding steroid dienone is 1. The van der Waals surface area contributed by atoms with E-state index in [0.717, 1.165) is 12.1 Å². The van der Waals surface area contributed by atoms with Crippen LogP contribution in [0.5, 0.6) is 0 Å². The second-order valence-corrected chi connectivity index (χ2v) is 3.25. The lowest BCUT2D eigenvalue weighted by Gasteiger charge is -2.03. The monoisotopic (exact) mass is 198 g/mol. The van der Waals surface area contributed by atoms with Gasteiger partial charge in [0, 0.05) is 16.8 Å². The number of aryl methyl sites for hydroxylation is 1. The second-order valence-electron chi connectivity index (χ2n) is 2.72. The van der Waals surface area contributed by atoms with Crippen LogP contribution in [0.2, 0.25) is 0 Å². The van der Waals surface area contributed by atoms with E-state index in [1.807, 2.05) is 6.92 Å². The number of aromatic nitrogens is 2. The van der Waals surface area contributed by atoms with Crippen molar-refractivity contribution in [2.45, 2.75) is 19.9 Å². The maximum atomic E-state index is 11.4. The minimum Gasteiger partial charge on any atom is -0.294 e. The van der Waals surface area contributed by atoms with Crippen molar-refractivity contribution in [3.8, 4) is 0 Å². The highest BCUT2D eigenvalue weighted by Gasteiger charge is 1.98. The number of halogens is 1. The molecular weight excluding hydrogens is 188 g/mol. The fourth-order valence-electron chi connectivity index (χ4n) is 0.960. The third kappa shape index (κ3) is 2.70. The average molecular weight is 199 g/mol. The van der Waals surface area contributed by atoms with Crippen molar-refractivity contribution in [1.29, 1.82) is 0 Å². The van der Waals surface area contributed by atoms with Crippen molar-refractivity contribution < 1.29 is 0 Å². The number of hydrogen-bond acceptors (Lipinski definition) is 2. The molecule has 0 saturated carbocycles. The lowest BCUT2D eigenvalue weighted by atomic mass is 10.3. The molecular formula is C9H11ClN2O. The molecule has 3 nitrogen and oxygen atoms in total. The molecule has 0 spiro atoms. The van der Waals surface area contributed by atoms with Crippen molar-refractivity contribution in [2.75, 3.05) is 0 Å². The number of rotatable bonds is 3. The van der Waals surface area contributed by atoms with Gasteiger partial charge in [0.25, 0.3) is 5.56 Å². The third-order valence-electron chi connectivity index (χ3n) is 1.64. The van der Waals surface area contributed by atoms with Crippen LogP contribution in [-0.4, -0.2) is 9.55 Å². The van der Waals surface area contributed by atoms with E-state index in [1.165, 1.54) is 17.0 Å². The quantitative estimate of drug-likeness (QED) is 0.739. The summed E-state index contributed by atoms with van der Waals surface area (Å²) in [7, 11) is 0. The van der Waals surface area contributed by atoms with Crippen molar-refractivity contribution >= 4 is 11.6 Å². The molecule has 0 aliphatic rings. The van der Waals surface area contributed by atoms with Crippen LogP contribution in [0.4, 0.5) is 0 Å². The third-order valence-corrected chi connectivity index (χ3v) is 1.76. The Balaban J connectivity index is 2.99. The van der Waals surface area contributed by atoms with Gasteiger partial charge in [-0.05, 0) is 6.42 Å². The minimum absolute atomic E-state index is 0.0892. The smallest absolute Gasteiger partial charge is 0.253 e. The first kappa shape index (κ1) is 9.99. The van der Waals surface area contributed by atoms with Gasteiger partial charge < -0.3 is 0 Å². The molecule has 0 N–H and O–H groups in total. The van der Waals surface area contributed by atoms with Crippen LogP contribution in [-0.2, 0) is 13.0 Å². The Morgan fingerprint density at radius 3 is 2.92 bits per heavy atom. The van der Waals surface area contributed by atoms with Crippen LogP contribution in [0.1, 0.15) is 12.6 Å². The van der Waals surface area contributed by atoms with Crippen molar-refractivity contribution in [2.24, 2.45) is 0 Å². The second kappa shape index (κ2) is 4.23. The van der Waals surface area contributed by atoms with Crippen LogP contribution in [0, 0.1) is 0 Å². The molecule has 0 saturated heterocycles. The SMILES string of the molecule is C=C(Cl)Cn1cnc(CC)cc1=O. The van der Waals surface area contributed by atoms with E-state index < -0.39 is 0 Å². The van der Waals surface area contributed by atoms with Gasteiger partial charge in [0.2, 0.25) is 0 Å². The molecule has 0 atom stereocenters. The first-order valence-corrected chi connectivity index (χ1v) is 4.40. The predicted molar refractivity (Wildman–Crippen MR) is 52.9 cm³/mol. The first-order valence-electron chi connectivity index (χ1n) is 4.02. The first-order chi connectivity index (χ1) is 6.13. The van der Waals surface area contributed by atoms with E-state index in [2.05, 4.69) is 11.6 Å². The van der Waals surface area contributed by atoms with Crippen molar-refractivity contribution in [3.63, 3.8) is 0 Å². The summed E-state index contributed by atoms with van der Waals surface area (Å²) in [6, 6.07) is 1.51. The zero-order valence-corrected chi connectivity index (χ0v) is 8.21. The van der Waals surface area contributed by atoms with E-state index in [1.54, 1.807) is 0 Å². The van der Waals surface area contributed by atoms with Crippen LogP contribution in [0.3, 0.4) is 0 Å². The molecule has 1 aromatic rings. The number of nitrogens with zero attached hydrogens (tertiary/aromatic N) is 2. The number of hydrogen-bond donors (Lipinski definition) is 0. The Morgan fingerprint density at radius 2 is 2.46 bits per heavy atom. The van der Waals surface area contributed by atoms with Gasteiger partial charge in [-0.15, -0.1) is 0 Å². The van der Waals surface area contributed by atoms with E-state index in [-0.39, 0.29) is 5.56 Å². The normalized spacial score (nSPS) is 10.0. The fourth-order valence-corrected chi connectivity index (χ4v) is 1.09. The molecule has 0 aliphatic carbocycles. The standard InChI is InChI=1S/C9H11ClN2O/c1-3-8-4-9(13)12(6-11-8)5-7(2)10/h4,6H,2-3,5H2,1H3. The van der Waals surface area contributed by atoms with E-state index in [9.17, 15) is 4.79 Å². The molecule has 0 aliphatic heterocycles. The molecule has 0 aromatic carbocycles. The van der Waals surface area contributed by atoms with Crippen LogP contribution in [0.25, 0.3) is 0 Å². The summed E-state index contributed by atoms with van der Waals surface area (Å²) < 4.78 is 1.43. The Bertz CT molecular complexity index is 370. The van der Waals surface area contributed by atoms with Crippen LogP contribution < -0.4 is 5.56 Å². The Hall–Kier alpha value is -1.09. The molecule has 1 aromatic heterocycles. The summed E-state index contributed by atoms with van der Waals surface area (Å²) in [5, 5.41) is 0.424. The van der Waals surface area contributed by atoms with E-state index >= 15 is 0 Å². The van der Waals surface area contributed by atoms with Crippen LogP contribution in [0.15, 0.2) is 28.8 Å². The lowest BCUT2D eigenvalue weighted by molar-refractivity contribution is 0.734. The molecule has 1 rings (SSSR count). The van der Waals surface area contributed by atoms with Crippen LogP contribution >= 0.6 is 11.6 Å². The van der Waals surface area contributed by atoms with Gasteiger partial charge in [-0.2, -0.15) is 0 Å².